The van der Waals surface area contributed by atoms with Crippen molar-refractivity contribution < 1.29 is 22.3 Å². The quantitative estimate of drug-likeness (QED) is 0.634. The first kappa shape index (κ1) is 22.7. The van der Waals surface area contributed by atoms with Gasteiger partial charge in [0.2, 0.25) is 15.9 Å². The molecule has 6 nitrogen and oxygen atoms in total. The fourth-order valence-electron chi connectivity index (χ4n) is 3.03. The van der Waals surface area contributed by atoms with Gasteiger partial charge < -0.3 is 10.1 Å². The van der Waals surface area contributed by atoms with Gasteiger partial charge in [0.25, 0.3) is 0 Å². The number of nitrogens with zero attached hydrogens (tertiary/aromatic N) is 1. The van der Waals surface area contributed by atoms with E-state index in [2.05, 4.69) is 5.32 Å². The number of carbonyl (C=O) groups excluding carboxylic acids is 1. The number of amides is 1. The molecule has 0 saturated heterocycles. The summed E-state index contributed by atoms with van der Waals surface area (Å²) in [6.07, 6.45) is 2.14. The zero-order chi connectivity index (χ0) is 21.4. The second kappa shape index (κ2) is 10.2. The summed E-state index contributed by atoms with van der Waals surface area (Å²) in [6.45, 7) is 1.99. The van der Waals surface area contributed by atoms with Gasteiger partial charge in [0.1, 0.15) is 11.6 Å². The maximum Gasteiger partial charge on any atom is 0.232 e. The molecule has 158 valence electrons. The van der Waals surface area contributed by atoms with Crippen molar-refractivity contribution in [3.63, 3.8) is 0 Å². The average molecular weight is 423 g/mol. The van der Waals surface area contributed by atoms with E-state index in [1.165, 1.54) is 18.2 Å². The molecule has 0 heterocycles. The molecular weight excluding hydrogens is 395 g/mol. The Morgan fingerprint density at radius 1 is 1.17 bits per heavy atom. The molecule has 29 heavy (non-hydrogen) atoms. The molecule has 1 N–H and O–H groups in total. The van der Waals surface area contributed by atoms with Crippen LogP contribution in [0.25, 0.3) is 0 Å². The van der Waals surface area contributed by atoms with Gasteiger partial charge in [-0.1, -0.05) is 31.2 Å². The molecular formula is C21H27FN2O4S. The zero-order valence-corrected chi connectivity index (χ0v) is 17.7. The third-order valence-corrected chi connectivity index (χ3v) is 5.73. The highest BCUT2D eigenvalue weighted by Crippen LogP contribution is 2.23. The van der Waals surface area contributed by atoms with Crippen LogP contribution in [0.15, 0.2) is 48.5 Å². The molecule has 0 aliphatic heterocycles. The number of ether oxygens (including phenoxy) is 1. The summed E-state index contributed by atoms with van der Waals surface area (Å²) in [5.74, 6) is -0.0634. The fourth-order valence-corrected chi connectivity index (χ4v) is 3.99. The topological polar surface area (TPSA) is 75.7 Å². The zero-order valence-electron chi connectivity index (χ0n) is 16.9. The Morgan fingerprint density at radius 2 is 1.83 bits per heavy atom. The van der Waals surface area contributed by atoms with E-state index in [9.17, 15) is 17.6 Å². The van der Waals surface area contributed by atoms with Crippen LogP contribution >= 0.6 is 0 Å². The van der Waals surface area contributed by atoms with Crippen molar-refractivity contribution in [1.29, 1.82) is 0 Å². The van der Waals surface area contributed by atoms with Gasteiger partial charge in [-0.15, -0.1) is 0 Å². The molecule has 2 aromatic carbocycles. The van der Waals surface area contributed by atoms with Gasteiger partial charge in [-0.2, -0.15) is 0 Å². The van der Waals surface area contributed by atoms with Crippen LogP contribution in [-0.2, 0) is 14.8 Å². The molecule has 0 spiro atoms. The monoisotopic (exact) mass is 422 g/mol. The Hall–Kier alpha value is -2.61. The standard InChI is InChI=1S/C21H27FN2O4S/c1-4-19(16-11-13-17(28-2)14-12-16)23-21(25)10-7-15-24(29(3,26)27)20-9-6-5-8-18(20)22/h5-6,8-9,11-14,19H,4,7,10,15H2,1-3H3,(H,23,25). The maximum absolute atomic E-state index is 14.0. The van der Waals surface area contributed by atoms with E-state index in [1.54, 1.807) is 13.2 Å². The van der Waals surface area contributed by atoms with E-state index in [0.29, 0.717) is 6.42 Å². The third kappa shape index (κ3) is 6.45. The summed E-state index contributed by atoms with van der Waals surface area (Å²) in [5, 5.41) is 2.96. The maximum atomic E-state index is 14.0. The third-order valence-electron chi connectivity index (χ3n) is 4.55. The SMILES string of the molecule is CCC(NC(=O)CCCN(c1ccccc1F)S(C)(=O)=O)c1ccc(OC)cc1. The van der Waals surface area contributed by atoms with E-state index < -0.39 is 15.8 Å². The largest absolute Gasteiger partial charge is 0.497 e. The molecule has 0 radical (unpaired) electrons. The summed E-state index contributed by atoms with van der Waals surface area (Å²) in [6, 6.07) is 13.0. The van der Waals surface area contributed by atoms with Crippen molar-refractivity contribution in [2.75, 3.05) is 24.2 Å². The molecule has 0 saturated carbocycles. The Balaban J connectivity index is 1.96. The smallest absolute Gasteiger partial charge is 0.232 e. The first-order valence-corrected chi connectivity index (χ1v) is 11.3. The van der Waals surface area contributed by atoms with Crippen LogP contribution in [0.2, 0.25) is 0 Å². The lowest BCUT2D eigenvalue weighted by atomic mass is 10.0. The molecule has 1 unspecified atom stereocenters. The molecule has 1 amide bonds. The van der Waals surface area contributed by atoms with Crippen molar-refractivity contribution in [3.05, 3.63) is 59.9 Å². The summed E-state index contributed by atoms with van der Waals surface area (Å²) >= 11 is 0. The minimum Gasteiger partial charge on any atom is -0.497 e. The molecule has 1 atom stereocenters. The van der Waals surface area contributed by atoms with E-state index in [4.69, 9.17) is 4.74 Å². The number of carbonyl (C=O) groups is 1. The Kier molecular flexibility index (Phi) is 8.01. The van der Waals surface area contributed by atoms with Crippen LogP contribution in [-0.4, -0.2) is 34.2 Å². The number of hydrogen-bond acceptors (Lipinski definition) is 4. The Morgan fingerprint density at radius 3 is 2.38 bits per heavy atom. The minimum absolute atomic E-state index is 0.0138. The van der Waals surface area contributed by atoms with Crippen molar-refractivity contribution in [2.45, 2.75) is 32.2 Å². The van der Waals surface area contributed by atoms with Crippen LogP contribution in [0, 0.1) is 5.82 Å². The van der Waals surface area contributed by atoms with E-state index in [-0.39, 0.29) is 37.0 Å². The van der Waals surface area contributed by atoms with Crippen molar-refractivity contribution in [2.24, 2.45) is 0 Å². The first-order valence-electron chi connectivity index (χ1n) is 9.41. The minimum atomic E-state index is -3.67. The molecule has 8 heteroatoms. The number of para-hydroxylation sites is 1. The van der Waals surface area contributed by atoms with Crippen molar-refractivity contribution in [1.82, 2.24) is 5.32 Å². The summed E-state index contributed by atoms with van der Waals surface area (Å²) in [7, 11) is -2.07. The van der Waals surface area contributed by atoms with E-state index >= 15 is 0 Å². The number of methoxy groups -OCH3 is 1. The Bertz CT molecular complexity index is 917. The van der Waals surface area contributed by atoms with E-state index in [1.807, 2.05) is 31.2 Å². The molecule has 0 bridgehead atoms. The van der Waals surface area contributed by atoms with Crippen LogP contribution in [0.3, 0.4) is 0 Å². The number of anilines is 1. The number of sulfonamides is 1. The number of rotatable bonds is 10. The van der Waals surface area contributed by atoms with Crippen molar-refractivity contribution in [3.8, 4) is 5.75 Å². The molecule has 2 rings (SSSR count). The number of benzene rings is 2. The molecule has 0 aliphatic carbocycles. The van der Waals surface area contributed by atoms with Gasteiger partial charge in [0.15, 0.2) is 0 Å². The lowest BCUT2D eigenvalue weighted by Crippen LogP contribution is -2.33. The number of halogens is 1. The second-order valence-corrected chi connectivity index (χ2v) is 8.60. The second-order valence-electron chi connectivity index (χ2n) is 6.69. The molecule has 2 aromatic rings. The highest BCUT2D eigenvalue weighted by molar-refractivity contribution is 7.92. The lowest BCUT2D eigenvalue weighted by Gasteiger charge is -2.23. The summed E-state index contributed by atoms with van der Waals surface area (Å²) < 4.78 is 44.3. The molecule has 0 fully saturated rings. The van der Waals surface area contributed by atoms with Gasteiger partial charge in [-0.25, -0.2) is 12.8 Å². The predicted octanol–water partition coefficient (Wildman–Crippen LogP) is 3.65. The average Bonchev–Trinajstić information content (AvgIpc) is 2.69. The summed E-state index contributed by atoms with van der Waals surface area (Å²) in [4.78, 5) is 12.4. The number of hydrogen-bond donors (Lipinski definition) is 1. The first-order chi connectivity index (χ1) is 13.8. The summed E-state index contributed by atoms with van der Waals surface area (Å²) in [5.41, 5.74) is 0.950. The van der Waals surface area contributed by atoms with Crippen molar-refractivity contribution >= 4 is 21.6 Å². The van der Waals surface area contributed by atoms with Gasteiger partial charge >= 0.3 is 0 Å². The van der Waals surface area contributed by atoms with Crippen LogP contribution in [0.5, 0.6) is 5.75 Å². The van der Waals surface area contributed by atoms with Gasteiger partial charge in [-0.05, 0) is 42.7 Å². The highest BCUT2D eigenvalue weighted by atomic mass is 32.2. The van der Waals surface area contributed by atoms with Crippen LogP contribution < -0.4 is 14.4 Å². The lowest BCUT2D eigenvalue weighted by molar-refractivity contribution is -0.121. The number of nitrogens with one attached hydrogen (secondary N) is 1. The van der Waals surface area contributed by atoms with Crippen LogP contribution in [0.1, 0.15) is 37.8 Å². The van der Waals surface area contributed by atoms with Gasteiger partial charge in [-0.3, -0.25) is 9.10 Å². The highest BCUT2D eigenvalue weighted by Gasteiger charge is 2.21. The van der Waals surface area contributed by atoms with Gasteiger partial charge in [0, 0.05) is 13.0 Å². The fraction of sp³-hybridized carbons (Fsp3) is 0.381. The normalized spacial score (nSPS) is 12.3. The van der Waals surface area contributed by atoms with Gasteiger partial charge in [0.05, 0.1) is 25.1 Å². The molecule has 0 aromatic heterocycles. The van der Waals surface area contributed by atoms with Crippen LogP contribution in [0.4, 0.5) is 10.1 Å². The predicted molar refractivity (Wildman–Crippen MR) is 112 cm³/mol. The molecule has 0 aliphatic rings. The Labute approximate surface area is 171 Å². The van der Waals surface area contributed by atoms with E-state index in [0.717, 1.165) is 21.9 Å².